The molecule has 0 fully saturated rings. The molecule has 1 atom stereocenters. The normalized spacial score (nSPS) is 12.7. The van der Waals surface area contributed by atoms with E-state index in [0.29, 0.717) is 6.54 Å². The predicted molar refractivity (Wildman–Crippen MR) is 63.9 cm³/mol. The van der Waals surface area contributed by atoms with Gasteiger partial charge in [-0.25, -0.2) is 0 Å². The summed E-state index contributed by atoms with van der Waals surface area (Å²) in [7, 11) is 0. The van der Waals surface area contributed by atoms with Crippen LogP contribution >= 0.6 is 0 Å². The number of benzene rings is 1. The van der Waals surface area contributed by atoms with Crippen LogP contribution in [-0.4, -0.2) is 18.2 Å². The maximum absolute atomic E-state index is 9.85. The Morgan fingerprint density at radius 1 is 1.20 bits per heavy atom. The van der Waals surface area contributed by atoms with Crippen molar-refractivity contribution in [1.82, 2.24) is 5.32 Å². The Labute approximate surface area is 92.3 Å². The van der Waals surface area contributed by atoms with E-state index in [1.54, 1.807) is 0 Å². The van der Waals surface area contributed by atoms with E-state index < -0.39 is 0 Å². The fourth-order valence-corrected chi connectivity index (χ4v) is 1.51. The summed E-state index contributed by atoms with van der Waals surface area (Å²) >= 11 is 0. The minimum absolute atomic E-state index is 0.387. The van der Waals surface area contributed by atoms with Gasteiger partial charge in [0.15, 0.2) is 0 Å². The van der Waals surface area contributed by atoms with Gasteiger partial charge in [-0.15, -0.1) is 0 Å². The summed E-state index contributed by atoms with van der Waals surface area (Å²) in [5.74, 6) is 0. The summed E-state index contributed by atoms with van der Waals surface area (Å²) in [6.45, 7) is 5.85. The first kappa shape index (κ1) is 12.2. The first-order valence-corrected chi connectivity index (χ1v) is 5.75. The molecule has 1 aromatic rings. The summed E-state index contributed by atoms with van der Waals surface area (Å²) in [6, 6.07) is 8.19. The molecule has 0 bridgehead atoms. The van der Waals surface area contributed by atoms with Gasteiger partial charge in [0.2, 0.25) is 0 Å². The molecule has 0 aliphatic heterocycles. The topological polar surface area (TPSA) is 32.3 Å². The number of aryl methyl sites for hydroxylation is 1. The van der Waals surface area contributed by atoms with E-state index in [1.807, 2.05) is 12.1 Å². The van der Waals surface area contributed by atoms with E-state index in [1.165, 1.54) is 5.56 Å². The van der Waals surface area contributed by atoms with Crippen molar-refractivity contribution in [3.05, 3.63) is 35.4 Å². The fraction of sp³-hybridized carbons (Fsp3) is 0.538. The largest absolute Gasteiger partial charge is 0.387 e. The minimum Gasteiger partial charge on any atom is -0.387 e. The maximum Gasteiger partial charge on any atom is 0.0914 e. The highest BCUT2D eigenvalue weighted by atomic mass is 16.3. The molecule has 0 aliphatic carbocycles. The summed E-state index contributed by atoms with van der Waals surface area (Å²) in [5.41, 5.74) is 2.31. The van der Waals surface area contributed by atoms with Crippen molar-refractivity contribution in [2.75, 3.05) is 13.1 Å². The van der Waals surface area contributed by atoms with E-state index in [9.17, 15) is 5.11 Å². The lowest BCUT2D eigenvalue weighted by molar-refractivity contribution is 0.175. The number of nitrogens with one attached hydrogen (secondary N) is 1. The van der Waals surface area contributed by atoms with Crippen molar-refractivity contribution in [2.45, 2.75) is 32.8 Å². The molecule has 84 valence electrons. The monoisotopic (exact) mass is 207 g/mol. The molecular formula is C13H21NO. The Morgan fingerprint density at radius 2 is 1.87 bits per heavy atom. The first-order chi connectivity index (χ1) is 7.27. The molecule has 0 radical (unpaired) electrons. The first-order valence-electron chi connectivity index (χ1n) is 5.75. The van der Waals surface area contributed by atoms with Crippen molar-refractivity contribution in [2.24, 2.45) is 0 Å². The zero-order chi connectivity index (χ0) is 11.1. The van der Waals surface area contributed by atoms with Gasteiger partial charge in [0.25, 0.3) is 0 Å². The summed E-state index contributed by atoms with van der Waals surface area (Å²) in [6.07, 6.45) is 1.76. The van der Waals surface area contributed by atoms with Crippen molar-refractivity contribution < 1.29 is 5.11 Å². The lowest BCUT2D eigenvalue weighted by Crippen LogP contribution is -2.22. The van der Waals surface area contributed by atoms with Crippen LogP contribution in [0.3, 0.4) is 0 Å². The number of aliphatic hydroxyl groups is 1. The molecule has 2 heteroatoms. The van der Waals surface area contributed by atoms with Crippen molar-refractivity contribution in [3.63, 3.8) is 0 Å². The summed E-state index contributed by atoms with van der Waals surface area (Å²) < 4.78 is 0. The molecule has 1 aromatic carbocycles. The second kappa shape index (κ2) is 6.59. The highest BCUT2D eigenvalue weighted by molar-refractivity contribution is 5.24. The highest BCUT2D eigenvalue weighted by Crippen LogP contribution is 2.13. The van der Waals surface area contributed by atoms with Gasteiger partial charge in [-0.3, -0.25) is 0 Å². The Bertz CT molecular complexity index is 268. The van der Waals surface area contributed by atoms with E-state index in [-0.39, 0.29) is 6.10 Å². The van der Waals surface area contributed by atoms with Crippen molar-refractivity contribution in [3.8, 4) is 0 Å². The lowest BCUT2D eigenvalue weighted by atomic mass is 10.1. The van der Waals surface area contributed by atoms with Crippen LogP contribution in [0.2, 0.25) is 0 Å². The zero-order valence-corrected chi connectivity index (χ0v) is 9.66. The van der Waals surface area contributed by atoms with Gasteiger partial charge in [0, 0.05) is 6.54 Å². The molecule has 0 aliphatic rings. The SMILES string of the molecule is CCCNCC(O)c1ccc(CC)cc1. The van der Waals surface area contributed by atoms with Gasteiger partial charge in [-0.2, -0.15) is 0 Å². The van der Waals surface area contributed by atoms with Gasteiger partial charge < -0.3 is 10.4 Å². The van der Waals surface area contributed by atoms with E-state index in [0.717, 1.165) is 24.9 Å². The quantitative estimate of drug-likeness (QED) is 0.701. The Morgan fingerprint density at radius 3 is 2.40 bits per heavy atom. The van der Waals surface area contributed by atoms with Crippen LogP contribution in [0.15, 0.2) is 24.3 Å². The number of aliphatic hydroxyl groups excluding tert-OH is 1. The third-order valence-corrected chi connectivity index (χ3v) is 2.54. The molecule has 0 spiro atoms. The maximum atomic E-state index is 9.85. The molecule has 15 heavy (non-hydrogen) atoms. The van der Waals surface area contributed by atoms with Crippen molar-refractivity contribution >= 4 is 0 Å². The zero-order valence-electron chi connectivity index (χ0n) is 9.66. The predicted octanol–water partition coefficient (Wildman–Crippen LogP) is 2.28. The Hall–Kier alpha value is -0.860. The van der Waals surface area contributed by atoms with Crippen LogP contribution in [0.25, 0.3) is 0 Å². The molecule has 0 heterocycles. The van der Waals surface area contributed by atoms with Crippen LogP contribution < -0.4 is 5.32 Å². The standard InChI is InChI=1S/C13H21NO/c1-3-9-14-10-13(15)12-7-5-11(4-2)6-8-12/h5-8,13-15H,3-4,9-10H2,1-2H3. The lowest BCUT2D eigenvalue weighted by Gasteiger charge is -2.12. The second-order valence-electron chi connectivity index (χ2n) is 3.82. The third kappa shape index (κ3) is 4.02. The van der Waals surface area contributed by atoms with Crippen LogP contribution in [0, 0.1) is 0 Å². The number of rotatable bonds is 6. The molecule has 2 nitrogen and oxygen atoms in total. The third-order valence-electron chi connectivity index (χ3n) is 2.54. The van der Waals surface area contributed by atoms with E-state index in [2.05, 4.69) is 31.3 Å². The van der Waals surface area contributed by atoms with Gasteiger partial charge in [-0.05, 0) is 30.5 Å². The van der Waals surface area contributed by atoms with E-state index in [4.69, 9.17) is 0 Å². The number of hydrogen-bond acceptors (Lipinski definition) is 2. The van der Waals surface area contributed by atoms with Crippen LogP contribution in [0.5, 0.6) is 0 Å². The molecule has 1 rings (SSSR count). The van der Waals surface area contributed by atoms with Crippen LogP contribution in [0.1, 0.15) is 37.5 Å². The summed E-state index contributed by atoms with van der Waals surface area (Å²) in [4.78, 5) is 0. The van der Waals surface area contributed by atoms with Gasteiger partial charge in [0.05, 0.1) is 6.10 Å². The molecule has 1 unspecified atom stereocenters. The average molecular weight is 207 g/mol. The molecule has 2 N–H and O–H groups in total. The van der Waals surface area contributed by atoms with Crippen LogP contribution in [0.4, 0.5) is 0 Å². The Kier molecular flexibility index (Phi) is 5.37. The highest BCUT2D eigenvalue weighted by Gasteiger charge is 2.05. The molecule has 0 aromatic heterocycles. The molecule has 0 saturated carbocycles. The van der Waals surface area contributed by atoms with Gasteiger partial charge >= 0.3 is 0 Å². The van der Waals surface area contributed by atoms with Gasteiger partial charge in [0.1, 0.15) is 0 Å². The average Bonchev–Trinajstić information content (AvgIpc) is 2.29. The molecular weight excluding hydrogens is 186 g/mol. The minimum atomic E-state index is -0.387. The summed E-state index contributed by atoms with van der Waals surface area (Å²) in [5, 5.41) is 13.1. The van der Waals surface area contributed by atoms with Crippen molar-refractivity contribution in [1.29, 1.82) is 0 Å². The fourth-order valence-electron chi connectivity index (χ4n) is 1.51. The molecule has 0 saturated heterocycles. The second-order valence-corrected chi connectivity index (χ2v) is 3.82. The smallest absolute Gasteiger partial charge is 0.0914 e. The van der Waals surface area contributed by atoms with Gasteiger partial charge in [-0.1, -0.05) is 38.1 Å². The van der Waals surface area contributed by atoms with E-state index >= 15 is 0 Å². The van der Waals surface area contributed by atoms with Crippen LogP contribution in [-0.2, 0) is 6.42 Å². The molecule has 0 amide bonds. The number of hydrogen-bond donors (Lipinski definition) is 2. The Balaban J connectivity index is 2.46.